The van der Waals surface area contributed by atoms with E-state index in [9.17, 15) is 10.5 Å². The fourth-order valence-corrected chi connectivity index (χ4v) is 2.04. The maximum atomic E-state index is 10.9. The number of aromatic nitrogens is 2. The number of benzene rings is 2. The van der Waals surface area contributed by atoms with Crippen molar-refractivity contribution in [2.24, 2.45) is 5.10 Å². The maximum Gasteiger partial charge on any atom is 0.203 e. The minimum Gasteiger partial charge on any atom is -0.595 e. The number of anilines is 1. The van der Waals surface area contributed by atoms with E-state index in [-0.39, 0.29) is 11.4 Å². The van der Waals surface area contributed by atoms with Gasteiger partial charge in [-0.05, 0) is 18.2 Å². The Morgan fingerprint density at radius 3 is 2.87 bits per heavy atom. The molecule has 0 saturated carbocycles. The van der Waals surface area contributed by atoms with Gasteiger partial charge >= 0.3 is 0 Å². The van der Waals surface area contributed by atoms with Gasteiger partial charge < -0.3 is 10.2 Å². The number of hydrazone groups is 1. The molecule has 1 unspecified atom stereocenters. The second kappa shape index (κ2) is 6.25. The summed E-state index contributed by atoms with van der Waals surface area (Å²) in [4.78, 5) is 7.31. The van der Waals surface area contributed by atoms with Gasteiger partial charge in [0.05, 0.1) is 16.7 Å². The van der Waals surface area contributed by atoms with E-state index in [4.69, 9.17) is 5.21 Å². The number of hydrogen-bond acceptors (Lipinski definition) is 6. The Labute approximate surface area is 130 Å². The lowest BCUT2D eigenvalue weighted by Gasteiger charge is -2.11. The number of nitriles is 1. The molecule has 0 amide bonds. The molecule has 0 radical (unpaired) electrons. The third-order valence-corrected chi connectivity index (χ3v) is 3.13. The lowest BCUT2D eigenvalue weighted by atomic mass is 10.3. The van der Waals surface area contributed by atoms with Crippen LogP contribution in [0.25, 0.3) is 11.0 Å². The van der Waals surface area contributed by atoms with Gasteiger partial charge in [0.1, 0.15) is 6.07 Å². The van der Waals surface area contributed by atoms with Crippen LogP contribution in [-0.4, -0.2) is 20.9 Å². The Morgan fingerprint density at radius 1 is 1.30 bits per heavy atom. The number of hydrogen-bond donors (Lipinski definition) is 4. The van der Waals surface area contributed by atoms with Crippen LogP contribution in [0.4, 0.5) is 11.4 Å². The topological polar surface area (TPSA) is 125 Å². The van der Waals surface area contributed by atoms with Gasteiger partial charge in [0.15, 0.2) is 11.5 Å². The van der Waals surface area contributed by atoms with Gasteiger partial charge in [0.2, 0.25) is 5.71 Å². The second-order valence-electron chi connectivity index (χ2n) is 4.67. The standard InChI is InChI=1S/C15H12N6O2/c16-9-14(15-17-12-6-1-2-7-13(12)18-15)20-19-10-4-3-5-11(8-10)21(22)23/h1-8,19,21-22H,(H,17,18). The predicted octanol–water partition coefficient (Wildman–Crippen LogP) is 1.31. The first-order valence-corrected chi connectivity index (χ1v) is 6.69. The number of nitrogens with one attached hydrogen (secondary N) is 3. The molecule has 114 valence electrons. The van der Waals surface area contributed by atoms with Crippen molar-refractivity contribution in [2.45, 2.75) is 0 Å². The molecule has 0 aliphatic heterocycles. The number of fused-ring (bicyclic) bond motifs is 1. The van der Waals surface area contributed by atoms with Gasteiger partial charge in [0.25, 0.3) is 0 Å². The predicted molar refractivity (Wildman–Crippen MR) is 84.1 cm³/mol. The number of nitrogens with zero attached hydrogens (tertiary/aromatic N) is 3. The van der Waals surface area contributed by atoms with Crippen molar-refractivity contribution in [2.75, 3.05) is 5.43 Å². The first-order valence-electron chi connectivity index (χ1n) is 6.69. The minimum absolute atomic E-state index is 0.0712. The van der Waals surface area contributed by atoms with Gasteiger partial charge in [-0.25, -0.2) is 10.2 Å². The van der Waals surface area contributed by atoms with Crippen molar-refractivity contribution in [1.29, 1.82) is 5.26 Å². The zero-order valence-electron chi connectivity index (χ0n) is 11.8. The molecule has 23 heavy (non-hydrogen) atoms. The van der Waals surface area contributed by atoms with Crippen molar-refractivity contribution in [3.05, 3.63) is 59.6 Å². The molecule has 3 aromatic rings. The monoisotopic (exact) mass is 308 g/mol. The van der Waals surface area contributed by atoms with Crippen LogP contribution in [0, 0.1) is 16.5 Å². The molecule has 8 heteroatoms. The number of quaternary nitrogens is 1. The van der Waals surface area contributed by atoms with Crippen LogP contribution >= 0.6 is 0 Å². The average molecular weight is 308 g/mol. The van der Waals surface area contributed by atoms with Gasteiger partial charge in [-0.3, -0.25) is 5.43 Å². The first-order chi connectivity index (χ1) is 11.2. The quantitative estimate of drug-likeness (QED) is 0.427. The molecular formula is C15H12N6O2. The van der Waals surface area contributed by atoms with E-state index in [0.29, 0.717) is 11.5 Å². The Balaban J connectivity index is 1.87. The van der Waals surface area contributed by atoms with Crippen molar-refractivity contribution in [3.63, 3.8) is 0 Å². The highest BCUT2D eigenvalue weighted by molar-refractivity contribution is 6.10. The summed E-state index contributed by atoms with van der Waals surface area (Å²) < 4.78 is 0. The lowest BCUT2D eigenvalue weighted by Crippen LogP contribution is -2.99. The molecule has 3 rings (SSSR count). The highest BCUT2D eigenvalue weighted by Crippen LogP contribution is 2.13. The van der Waals surface area contributed by atoms with Crippen LogP contribution in [-0.2, 0) is 0 Å². The van der Waals surface area contributed by atoms with E-state index < -0.39 is 5.23 Å². The molecule has 1 atom stereocenters. The van der Waals surface area contributed by atoms with Crippen LogP contribution in [0.15, 0.2) is 53.6 Å². The number of para-hydroxylation sites is 2. The molecule has 0 fully saturated rings. The van der Waals surface area contributed by atoms with Crippen LogP contribution in [0.3, 0.4) is 0 Å². The smallest absolute Gasteiger partial charge is 0.203 e. The third kappa shape index (κ3) is 3.17. The van der Waals surface area contributed by atoms with E-state index in [1.165, 1.54) is 12.1 Å². The lowest BCUT2D eigenvalue weighted by molar-refractivity contribution is -0.991. The summed E-state index contributed by atoms with van der Waals surface area (Å²) in [6.45, 7) is 0. The molecule has 1 aromatic heterocycles. The number of H-pyrrole nitrogens is 1. The van der Waals surface area contributed by atoms with E-state index in [2.05, 4.69) is 20.5 Å². The maximum absolute atomic E-state index is 10.9. The number of aromatic amines is 1. The van der Waals surface area contributed by atoms with Gasteiger partial charge in [-0.2, -0.15) is 15.6 Å². The minimum atomic E-state index is -1.03. The Bertz CT molecular complexity index is 876. The van der Waals surface area contributed by atoms with Crippen molar-refractivity contribution >= 4 is 28.1 Å². The zero-order valence-corrected chi connectivity index (χ0v) is 11.8. The van der Waals surface area contributed by atoms with Crippen LogP contribution in [0.2, 0.25) is 0 Å². The van der Waals surface area contributed by atoms with E-state index in [1.807, 2.05) is 30.3 Å². The SMILES string of the molecule is N#CC(=NNc1cccc([NH+]([O-])O)c1)c1nc2ccccc2[nH]1. The van der Waals surface area contributed by atoms with Crippen molar-refractivity contribution < 1.29 is 10.4 Å². The molecule has 0 saturated heterocycles. The van der Waals surface area contributed by atoms with Gasteiger partial charge in [-0.15, -0.1) is 0 Å². The Hall–Kier alpha value is -3.25. The van der Waals surface area contributed by atoms with Crippen LogP contribution < -0.4 is 10.7 Å². The Kier molecular flexibility index (Phi) is 3.99. The zero-order chi connectivity index (χ0) is 16.2. The fourth-order valence-electron chi connectivity index (χ4n) is 2.04. The van der Waals surface area contributed by atoms with E-state index >= 15 is 0 Å². The van der Waals surface area contributed by atoms with Crippen LogP contribution in [0.1, 0.15) is 5.82 Å². The fraction of sp³-hybridized carbons (Fsp3) is 0. The molecule has 0 aliphatic carbocycles. The Morgan fingerprint density at radius 2 is 2.13 bits per heavy atom. The summed E-state index contributed by atoms with van der Waals surface area (Å²) in [6.07, 6.45) is 0. The molecule has 0 spiro atoms. The largest absolute Gasteiger partial charge is 0.595 e. The first kappa shape index (κ1) is 14.7. The normalized spacial score (nSPS) is 12.8. The molecular weight excluding hydrogens is 296 g/mol. The molecule has 1 heterocycles. The summed E-state index contributed by atoms with van der Waals surface area (Å²) in [6, 6.07) is 15.5. The molecule has 0 bridgehead atoms. The molecule has 2 aromatic carbocycles. The second-order valence-corrected chi connectivity index (χ2v) is 4.67. The highest BCUT2D eigenvalue weighted by Gasteiger charge is 2.09. The van der Waals surface area contributed by atoms with Crippen molar-refractivity contribution in [3.8, 4) is 6.07 Å². The summed E-state index contributed by atoms with van der Waals surface area (Å²) in [5.74, 6) is 0.343. The van der Waals surface area contributed by atoms with Crippen molar-refractivity contribution in [1.82, 2.24) is 9.97 Å². The molecule has 4 N–H and O–H groups in total. The average Bonchev–Trinajstić information content (AvgIpc) is 2.99. The molecule has 8 nitrogen and oxygen atoms in total. The van der Waals surface area contributed by atoms with E-state index in [1.54, 1.807) is 12.1 Å². The summed E-state index contributed by atoms with van der Waals surface area (Å²) in [7, 11) is 0. The third-order valence-electron chi connectivity index (χ3n) is 3.13. The summed E-state index contributed by atoms with van der Waals surface area (Å²) >= 11 is 0. The summed E-state index contributed by atoms with van der Waals surface area (Å²) in [5.41, 5.74) is 4.88. The number of rotatable bonds is 4. The molecule has 0 aliphatic rings. The van der Waals surface area contributed by atoms with E-state index in [0.717, 1.165) is 11.0 Å². The summed E-state index contributed by atoms with van der Waals surface area (Å²) in [5, 5.41) is 32.1. The van der Waals surface area contributed by atoms with Crippen LogP contribution in [0.5, 0.6) is 0 Å². The van der Waals surface area contributed by atoms with Gasteiger partial charge in [0, 0.05) is 12.1 Å². The number of imidazole rings is 1. The highest BCUT2D eigenvalue weighted by atomic mass is 16.8. The van der Waals surface area contributed by atoms with Gasteiger partial charge in [-0.1, -0.05) is 18.2 Å².